The molecule has 6 rings (SSSR count). The number of halogens is 2. The van der Waals surface area contributed by atoms with Crippen molar-refractivity contribution >= 4 is 66.0 Å². The Labute approximate surface area is 374 Å². The van der Waals surface area contributed by atoms with Crippen LogP contribution in [-0.2, 0) is 37.4 Å². The second kappa shape index (κ2) is 20.1. The number of quaternary nitrogens is 1. The van der Waals surface area contributed by atoms with E-state index in [2.05, 4.69) is 35.4 Å². The van der Waals surface area contributed by atoms with E-state index in [1.807, 2.05) is 0 Å². The van der Waals surface area contributed by atoms with Crippen molar-refractivity contribution in [1.82, 2.24) is 24.3 Å². The van der Waals surface area contributed by atoms with Crippen molar-refractivity contribution < 1.29 is 78.7 Å². The minimum atomic E-state index is -3.75. The molecule has 0 aliphatic carbocycles. The van der Waals surface area contributed by atoms with Crippen molar-refractivity contribution in [3.8, 4) is 22.9 Å². The van der Waals surface area contributed by atoms with E-state index in [9.17, 15) is 36.6 Å². The van der Waals surface area contributed by atoms with E-state index in [0.29, 0.717) is 32.8 Å². The maximum Gasteiger partial charge on any atom is 1.00 e. The van der Waals surface area contributed by atoms with Crippen LogP contribution in [0.4, 0.5) is 22.7 Å². The van der Waals surface area contributed by atoms with Gasteiger partial charge in [0.2, 0.25) is 10.0 Å². The van der Waals surface area contributed by atoms with Crippen molar-refractivity contribution in [1.29, 1.82) is 0 Å². The molecule has 0 aliphatic heterocycles. The molecular formula is C34H32Cl2CrN10NaO8S2+. The van der Waals surface area contributed by atoms with Gasteiger partial charge in [-0.3, -0.25) is 19.8 Å². The Balaban J connectivity index is 0.000000300. The van der Waals surface area contributed by atoms with Crippen molar-refractivity contribution in [2.24, 2.45) is 20.5 Å². The van der Waals surface area contributed by atoms with E-state index in [4.69, 9.17) is 23.2 Å². The number of hydrogen-bond donors (Lipinski definition) is 5. The van der Waals surface area contributed by atoms with E-state index in [1.54, 1.807) is 62.4 Å². The number of aromatic hydroxyl groups is 1. The zero-order valence-corrected chi connectivity index (χ0v) is 37.5. The molecule has 6 N–H and O–H groups in total. The molecule has 2 heterocycles. The minimum Gasteiger partial charge on any atom is -0.871 e. The molecule has 24 heteroatoms. The molecule has 298 valence electrons. The molecule has 0 radical (unpaired) electrons. The molecule has 18 nitrogen and oxygen atoms in total. The summed E-state index contributed by atoms with van der Waals surface area (Å²) in [6, 6.07) is 20.3. The van der Waals surface area contributed by atoms with Gasteiger partial charge in [-0.1, -0.05) is 47.2 Å². The fourth-order valence-electron chi connectivity index (χ4n) is 4.87. The van der Waals surface area contributed by atoms with Gasteiger partial charge in [-0.2, -0.15) is 13.5 Å². The normalized spacial score (nSPS) is 11.6. The molecule has 4 aromatic carbocycles. The van der Waals surface area contributed by atoms with Crippen LogP contribution in [0, 0.1) is 13.8 Å². The summed E-state index contributed by atoms with van der Waals surface area (Å²) in [7, 11) is -4.70. The summed E-state index contributed by atoms with van der Waals surface area (Å²) in [5.74, 6) is -0.788. The molecule has 0 spiro atoms. The number of nitrogens with zero attached hydrogens (tertiary/aromatic N) is 6. The number of phenolic OH excluding ortho intramolecular Hbond substituents is 1. The van der Waals surface area contributed by atoms with Crippen LogP contribution >= 0.6 is 23.2 Å². The van der Waals surface area contributed by atoms with Gasteiger partial charge in [0.05, 0.1) is 40.4 Å². The molecule has 0 atom stereocenters. The van der Waals surface area contributed by atoms with Crippen molar-refractivity contribution in [3.63, 3.8) is 0 Å². The maximum absolute atomic E-state index is 12.7. The Kier molecular flexibility index (Phi) is 16.6. The number of H-pyrrole nitrogens is 2. The average Bonchev–Trinajstić information content (AvgIpc) is 3.62. The van der Waals surface area contributed by atoms with Gasteiger partial charge in [0.25, 0.3) is 11.1 Å². The predicted molar refractivity (Wildman–Crippen MR) is 206 cm³/mol. The smallest absolute Gasteiger partial charge is 0.871 e. The predicted octanol–water partition coefficient (Wildman–Crippen LogP) is 1.66. The van der Waals surface area contributed by atoms with Gasteiger partial charge in [-0.15, -0.1) is 15.3 Å². The van der Waals surface area contributed by atoms with E-state index in [0.717, 1.165) is 16.9 Å². The van der Waals surface area contributed by atoms with E-state index in [-0.39, 0.29) is 85.2 Å². The van der Waals surface area contributed by atoms with E-state index >= 15 is 0 Å². The Morgan fingerprint density at radius 2 is 1.19 bits per heavy atom. The second-order valence-corrected chi connectivity index (χ2v) is 16.4. The topological polar surface area (TPSA) is 265 Å². The summed E-state index contributed by atoms with van der Waals surface area (Å²) >= 11 is 11.9. The first-order valence-electron chi connectivity index (χ1n) is 16.1. The van der Waals surface area contributed by atoms with Gasteiger partial charge in [0.1, 0.15) is 16.3 Å². The average molecular weight is 919 g/mol. The Morgan fingerprint density at radius 1 is 0.724 bits per heavy atom. The van der Waals surface area contributed by atoms with Crippen LogP contribution in [0.15, 0.2) is 125 Å². The standard InChI is InChI=1S/2C17H16ClN5O4S.Cr.Na/c2*1-10-16(17(25)23(22-10)12-5-3-4-11(18)8-12)21-20-14-9-13(6-7-15(14)24)28(26,27)19-2;;/h2*3-9,19,22,24H,1-2H3;;/q;;;+1. The third kappa shape index (κ3) is 11.0. The number of aromatic nitrogens is 4. The van der Waals surface area contributed by atoms with E-state index < -0.39 is 36.9 Å². The van der Waals surface area contributed by atoms with Crippen LogP contribution in [-0.4, -0.2) is 55.6 Å². The molecule has 58 heavy (non-hydrogen) atoms. The fraction of sp³-hybridized carbons (Fsp3) is 0.118. The van der Waals surface area contributed by atoms with Crippen LogP contribution in [0.25, 0.3) is 11.4 Å². The molecule has 2 aromatic heterocycles. The number of rotatable bonds is 10. The number of aryl methyl sites for hydroxylation is 2. The van der Waals surface area contributed by atoms with Crippen molar-refractivity contribution in [3.05, 3.63) is 127 Å². The van der Waals surface area contributed by atoms with Crippen LogP contribution in [0.3, 0.4) is 0 Å². The number of azo groups is 2. The van der Waals surface area contributed by atoms with Crippen LogP contribution in [0.2, 0.25) is 10.0 Å². The zero-order chi connectivity index (χ0) is 40.9. The number of nitrogens with one attached hydrogen (secondary N) is 3. The van der Waals surface area contributed by atoms with Crippen molar-refractivity contribution in [2.75, 3.05) is 14.1 Å². The maximum atomic E-state index is 12.7. The second-order valence-electron chi connectivity index (χ2n) is 11.6. The fourth-order valence-corrected chi connectivity index (χ4v) is 6.79. The molecule has 6 aromatic rings. The molecule has 0 saturated heterocycles. The summed E-state index contributed by atoms with van der Waals surface area (Å²) in [6.07, 6.45) is 0. The molecule has 0 amide bonds. The molecule has 0 bridgehead atoms. The Hall–Kier alpha value is -4.37. The number of sulfonamides is 2. The van der Waals surface area contributed by atoms with Gasteiger partial charge in [-0.25, -0.2) is 27.2 Å². The molecule has 0 unspecified atom stereocenters. The largest absolute Gasteiger partial charge is 1.00 e. The van der Waals surface area contributed by atoms with Gasteiger partial charge >= 0.3 is 39.6 Å². The monoisotopic (exact) mass is 917 g/mol. The van der Waals surface area contributed by atoms with Gasteiger partial charge in [0.15, 0.2) is 11.4 Å². The third-order valence-electron chi connectivity index (χ3n) is 7.82. The van der Waals surface area contributed by atoms with Crippen LogP contribution < -0.4 is 55.2 Å². The summed E-state index contributed by atoms with van der Waals surface area (Å²) in [5, 5.41) is 44.0. The van der Waals surface area contributed by atoms with E-state index in [1.165, 1.54) is 47.7 Å². The molecular weight excluding hydrogens is 886 g/mol. The summed E-state index contributed by atoms with van der Waals surface area (Å²) in [5.41, 5.74) is 0.673. The number of nitrogens with two attached hydrogens (primary N) is 1. The van der Waals surface area contributed by atoms with Crippen LogP contribution in [0.1, 0.15) is 11.4 Å². The SMILES string of the molecule is CNS(=O)(=O)c1ccc([O-])c(N=Nc2c(C)[nH]n(-c3cccc(Cl)c3)c2=O)c1.C[NH2+]S(=O)(=O)c1ccc(O)c(N=Nc2c(C)[nH]n(-c3cccc(Cl)c3)c2=O)c1.[Cr].[Na+]. The minimum absolute atomic E-state index is 0. The summed E-state index contributed by atoms with van der Waals surface area (Å²) in [4.78, 5) is 25.1. The van der Waals surface area contributed by atoms with Crippen molar-refractivity contribution in [2.45, 2.75) is 23.6 Å². The Bertz CT molecular complexity index is 2670. The first-order valence-corrected chi connectivity index (χ1v) is 19.8. The number of benzene rings is 4. The Morgan fingerprint density at radius 3 is 1.66 bits per heavy atom. The van der Waals surface area contributed by atoms with Gasteiger partial charge in [-0.05, 0) is 87.6 Å². The quantitative estimate of drug-likeness (QED) is 0.0995. The number of primary sulfonamides is 1. The summed E-state index contributed by atoms with van der Waals surface area (Å²) in [6.45, 7) is 3.26. The molecule has 0 saturated carbocycles. The third-order valence-corrected chi connectivity index (χ3v) is 11.2. The first kappa shape index (κ1) is 48.0. The molecule has 0 fully saturated rings. The molecule has 0 aliphatic rings. The van der Waals surface area contributed by atoms with Gasteiger partial charge in [0, 0.05) is 27.4 Å². The number of phenols is 1. The summed E-state index contributed by atoms with van der Waals surface area (Å²) < 4.78 is 53.4. The number of hydrogen-bond acceptors (Lipinski definition) is 12. The zero-order valence-electron chi connectivity index (χ0n) is 31.1. The first-order chi connectivity index (χ1) is 26.4. The van der Waals surface area contributed by atoms with Crippen LogP contribution in [0.5, 0.6) is 11.5 Å². The van der Waals surface area contributed by atoms with Gasteiger partial charge < -0.3 is 10.2 Å². The number of aromatic amines is 2.